The van der Waals surface area contributed by atoms with Crippen molar-refractivity contribution in [3.8, 4) is 11.8 Å². The Bertz CT molecular complexity index is 286. The van der Waals surface area contributed by atoms with Gasteiger partial charge in [0.15, 0.2) is 0 Å². The van der Waals surface area contributed by atoms with Gasteiger partial charge in [0.25, 0.3) is 0 Å². The summed E-state index contributed by atoms with van der Waals surface area (Å²) >= 11 is 0. The number of aliphatic hydroxyl groups excluding tert-OH is 1. The quantitative estimate of drug-likeness (QED) is 0.216. The van der Waals surface area contributed by atoms with E-state index < -0.39 is 0 Å². The molecule has 0 unspecified atom stereocenters. The number of hydrogen-bond donors (Lipinski definition) is 1. The fourth-order valence-electron chi connectivity index (χ4n) is 3.07. The molecule has 0 saturated heterocycles. The highest BCUT2D eigenvalue weighted by Crippen LogP contribution is 2.13. The van der Waals surface area contributed by atoms with E-state index in [0.29, 0.717) is 0 Å². The highest BCUT2D eigenvalue weighted by Gasteiger charge is 2.02. The minimum Gasteiger partial charge on any atom is -0.393 e. The molecule has 0 aliphatic rings. The molecule has 0 spiro atoms. The lowest BCUT2D eigenvalue weighted by atomic mass is 10.0. The minimum atomic E-state index is -0.131. The smallest absolute Gasteiger partial charge is 0.0549 e. The highest BCUT2D eigenvalue weighted by atomic mass is 16.3. The van der Waals surface area contributed by atoms with Crippen molar-refractivity contribution < 1.29 is 5.11 Å². The first-order chi connectivity index (χ1) is 11.8. The summed E-state index contributed by atoms with van der Waals surface area (Å²) in [5, 5.41) is 9.97. The monoisotopic (exact) mass is 336 g/mol. The molecule has 0 radical (unpaired) electrons. The van der Waals surface area contributed by atoms with Gasteiger partial charge in [-0.2, -0.15) is 0 Å². The summed E-state index contributed by atoms with van der Waals surface area (Å²) in [6.45, 7) is 4.50. The average molecular weight is 337 g/mol. The molecule has 0 aromatic rings. The maximum absolute atomic E-state index is 9.97. The summed E-state index contributed by atoms with van der Waals surface area (Å²) in [6, 6.07) is 0. The molecule has 0 saturated carbocycles. The van der Waals surface area contributed by atoms with Crippen molar-refractivity contribution in [2.45, 2.75) is 136 Å². The van der Waals surface area contributed by atoms with E-state index in [1.165, 1.54) is 89.9 Å². The Hall–Kier alpha value is -0.480. The average Bonchev–Trinajstić information content (AvgIpc) is 2.59. The van der Waals surface area contributed by atoms with E-state index in [0.717, 1.165) is 25.7 Å². The molecule has 0 amide bonds. The summed E-state index contributed by atoms with van der Waals surface area (Å²) in [5.74, 6) is 6.43. The van der Waals surface area contributed by atoms with E-state index in [9.17, 15) is 5.11 Å². The van der Waals surface area contributed by atoms with E-state index in [2.05, 4.69) is 25.7 Å². The van der Waals surface area contributed by atoms with Gasteiger partial charge in [0, 0.05) is 12.8 Å². The first-order valence-corrected chi connectivity index (χ1v) is 10.9. The Morgan fingerprint density at radius 3 is 1.58 bits per heavy atom. The van der Waals surface area contributed by atoms with E-state index in [4.69, 9.17) is 0 Å². The SMILES string of the molecule is CCCCCC#CCC[C@@H](O)CCCCCCCCCCCCC. The summed E-state index contributed by atoms with van der Waals surface area (Å²) in [5.41, 5.74) is 0. The second-order valence-corrected chi connectivity index (χ2v) is 7.33. The molecule has 0 aliphatic carbocycles. The molecule has 0 aromatic carbocycles. The van der Waals surface area contributed by atoms with Crippen LogP contribution in [0.3, 0.4) is 0 Å². The van der Waals surface area contributed by atoms with Crippen LogP contribution in [0, 0.1) is 11.8 Å². The Morgan fingerprint density at radius 2 is 1.00 bits per heavy atom. The molecule has 1 atom stereocenters. The molecule has 1 nitrogen and oxygen atoms in total. The summed E-state index contributed by atoms with van der Waals surface area (Å²) in [4.78, 5) is 0. The van der Waals surface area contributed by atoms with Crippen LogP contribution < -0.4 is 0 Å². The van der Waals surface area contributed by atoms with Crippen molar-refractivity contribution in [3.63, 3.8) is 0 Å². The zero-order valence-electron chi connectivity index (χ0n) is 16.8. The van der Waals surface area contributed by atoms with E-state index >= 15 is 0 Å². The second-order valence-electron chi connectivity index (χ2n) is 7.33. The van der Waals surface area contributed by atoms with Gasteiger partial charge in [-0.1, -0.05) is 97.3 Å². The lowest BCUT2D eigenvalue weighted by molar-refractivity contribution is 0.152. The zero-order chi connectivity index (χ0) is 17.7. The number of hydrogen-bond acceptors (Lipinski definition) is 1. The van der Waals surface area contributed by atoms with E-state index in [1.54, 1.807) is 0 Å². The van der Waals surface area contributed by atoms with Gasteiger partial charge in [-0.25, -0.2) is 0 Å². The molecular formula is C23H44O. The molecule has 24 heavy (non-hydrogen) atoms. The predicted molar refractivity (Wildman–Crippen MR) is 108 cm³/mol. The van der Waals surface area contributed by atoms with Crippen LogP contribution in [0.25, 0.3) is 0 Å². The van der Waals surface area contributed by atoms with Crippen molar-refractivity contribution in [2.75, 3.05) is 0 Å². The van der Waals surface area contributed by atoms with Crippen LogP contribution in [0.15, 0.2) is 0 Å². The van der Waals surface area contributed by atoms with Crippen LogP contribution in [0.1, 0.15) is 129 Å². The van der Waals surface area contributed by atoms with Gasteiger partial charge >= 0.3 is 0 Å². The lowest BCUT2D eigenvalue weighted by Crippen LogP contribution is -2.05. The van der Waals surface area contributed by atoms with Crippen molar-refractivity contribution in [2.24, 2.45) is 0 Å². The predicted octanol–water partition coefficient (Wildman–Crippen LogP) is 7.41. The van der Waals surface area contributed by atoms with Crippen LogP contribution in [-0.2, 0) is 0 Å². The van der Waals surface area contributed by atoms with Crippen molar-refractivity contribution in [3.05, 3.63) is 0 Å². The standard InChI is InChI=1S/C23H44O/c1-3-5-7-9-11-12-13-14-16-18-20-22-23(24)21-19-17-15-10-8-6-4-2/h23-24H,3-14,16,18-22H2,1-2H3/t23-/m1/s1. The van der Waals surface area contributed by atoms with Gasteiger partial charge in [0.2, 0.25) is 0 Å². The van der Waals surface area contributed by atoms with Gasteiger partial charge in [0.05, 0.1) is 6.10 Å². The maximum atomic E-state index is 9.97. The molecule has 0 rings (SSSR count). The zero-order valence-corrected chi connectivity index (χ0v) is 16.8. The van der Waals surface area contributed by atoms with Gasteiger partial charge < -0.3 is 5.11 Å². The number of rotatable bonds is 17. The van der Waals surface area contributed by atoms with Gasteiger partial charge in [-0.05, 0) is 19.3 Å². The Kier molecular flexibility index (Phi) is 20.2. The van der Waals surface area contributed by atoms with Gasteiger partial charge in [0.1, 0.15) is 0 Å². The second kappa shape index (κ2) is 20.6. The summed E-state index contributed by atoms with van der Waals surface area (Å²) in [6.07, 6.45) is 22.4. The molecule has 1 heteroatoms. The van der Waals surface area contributed by atoms with Crippen LogP contribution in [0.5, 0.6) is 0 Å². The lowest BCUT2D eigenvalue weighted by Gasteiger charge is -2.08. The summed E-state index contributed by atoms with van der Waals surface area (Å²) in [7, 11) is 0. The van der Waals surface area contributed by atoms with E-state index in [-0.39, 0.29) is 6.10 Å². The fraction of sp³-hybridized carbons (Fsp3) is 0.913. The third-order valence-corrected chi connectivity index (χ3v) is 4.77. The highest BCUT2D eigenvalue weighted by molar-refractivity contribution is 4.98. The topological polar surface area (TPSA) is 20.2 Å². The Labute approximate surface area is 153 Å². The molecule has 0 aliphatic heterocycles. The first-order valence-electron chi connectivity index (χ1n) is 10.9. The van der Waals surface area contributed by atoms with Crippen molar-refractivity contribution in [1.82, 2.24) is 0 Å². The third-order valence-electron chi connectivity index (χ3n) is 4.77. The first kappa shape index (κ1) is 23.5. The third kappa shape index (κ3) is 19.6. The minimum absolute atomic E-state index is 0.131. The summed E-state index contributed by atoms with van der Waals surface area (Å²) < 4.78 is 0. The van der Waals surface area contributed by atoms with Crippen molar-refractivity contribution >= 4 is 0 Å². The Balaban J connectivity index is 3.21. The van der Waals surface area contributed by atoms with Crippen LogP contribution >= 0.6 is 0 Å². The molecule has 142 valence electrons. The molecule has 0 fully saturated rings. The van der Waals surface area contributed by atoms with Gasteiger partial charge in [-0.3, -0.25) is 0 Å². The largest absolute Gasteiger partial charge is 0.393 e. The molecule has 0 aromatic heterocycles. The van der Waals surface area contributed by atoms with Gasteiger partial charge in [-0.15, -0.1) is 11.8 Å². The molecule has 0 bridgehead atoms. The number of aliphatic hydroxyl groups is 1. The fourth-order valence-corrected chi connectivity index (χ4v) is 3.07. The Morgan fingerprint density at radius 1 is 0.542 bits per heavy atom. The normalized spacial score (nSPS) is 12.0. The van der Waals surface area contributed by atoms with Crippen molar-refractivity contribution in [1.29, 1.82) is 0 Å². The van der Waals surface area contributed by atoms with Crippen LogP contribution in [0.4, 0.5) is 0 Å². The number of unbranched alkanes of at least 4 members (excludes halogenated alkanes) is 13. The van der Waals surface area contributed by atoms with E-state index in [1.807, 2.05) is 0 Å². The molecule has 1 N–H and O–H groups in total. The van der Waals surface area contributed by atoms with Crippen LogP contribution in [0.2, 0.25) is 0 Å². The molecular weight excluding hydrogens is 292 g/mol. The van der Waals surface area contributed by atoms with Crippen LogP contribution in [-0.4, -0.2) is 11.2 Å². The maximum Gasteiger partial charge on any atom is 0.0549 e. The molecule has 0 heterocycles.